The van der Waals surface area contributed by atoms with Crippen molar-refractivity contribution >= 4 is 29.1 Å². The third-order valence-corrected chi connectivity index (χ3v) is 2.73. The van der Waals surface area contributed by atoms with Crippen LogP contribution in [0, 0.1) is 5.82 Å². The molecule has 0 saturated heterocycles. The maximum Gasteiger partial charge on any atom is 0.184 e. The summed E-state index contributed by atoms with van der Waals surface area (Å²) in [7, 11) is 0. The lowest BCUT2D eigenvalue weighted by atomic mass is 10.1. The molecule has 21 heavy (non-hydrogen) atoms. The summed E-state index contributed by atoms with van der Waals surface area (Å²) in [5, 5.41) is 4.24. The van der Waals surface area contributed by atoms with Gasteiger partial charge in [-0.2, -0.15) is 5.10 Å². The third-order valence-electron chi connectivity index (χ3n) is 2.64. The Hall–Kier alpha value is -2.53. The zero-order valence-corrected chi connectivity index (χ0v) is 12.0. The quantitative estimate of drug-likeness (QED) is 0.518. The molecule has 0 aliphatic rings. The summed E-state index contributed by atoms with van der Waals surface area (Å²) in [6.45, 7) is 0. The van der Waals surface area contributed by atoms with E-state index in [2.05, 4.69) is 10.5 Å². The highest BCUT2D eigenvalue weighted by molar-refractivity contribution is 7.80. The number of thiocarbonyl (C=S) groups is 1. The first kappa shape index (κ1) is 14.9. The summed E-state index contributed by atoms with van der Waals surface area (Å²) < 4.78 is 13.2. The molecule has 2 aromatic rings. The topological polar surface area (TPSA) is 50.4 Å². The van der Waals surface area contributed by atoms with E-state index < -0.39 is 0 Å². The van der Waals surface area contributed by atoms with Crippen LogP contribution in [-0.2, 0) is 0 Å². The minimum absolute atomic E-state index is 0.0857. The number of benzene rings is 2. The van der Waals surface area contributed by atoms with Crippen molar-refractivity contribution in [2.75, 3.05) is 0 Å². The predicted octanol–water partition coefficient (Wildman–Crippen LogP) is 3.08. The molecular weight excluding hydrogens is 285 g/mol. The largest absolute Gasteiger partial charge is 0.375 e. The summed E-state index contributed by atoms with van der Waals surface area (Å²) in [6, 6.07) is 15.9. The lowest BCUT2D eigenvalue weighted by Gasteiger charge is -2.03. The molecule has 0 spiro atoms. The summed E-state index contributed by atoms with van der Waals surface area (Å²) in [6.07, 6.45) is 3.55. The zero-order chi connectivity index (χ0) is 15.1. The van der Waals surface area contributed by atoms with Crippen LogP contribution in [0.2, 0.25) is 0 Å². The third kappa shape index (κ3) is 4.81. The summed E-state index contributed by atoms with van der Waals surface area (Å²) >= 11 is 4.74. The SMILES string of the molecule is NC(=S)N/N=C(/C=C/c1cccc(F)c1)c1ccccc1. The molecule has 3 N–H and O–H groups in total. The fourth-order valence-electron chi connectivity index (χ4n) is 1.71. The Bertz CT molecular complexity index is 681. The van der Waals surface area contributed by atoms with Crippen molar-refractivity contribution in [1.29, 1.82) is 0 Å². The molecule has 5 heteroatoms. The van der Waals surface area contributed by atoms with E-state index >= 15 is 0 Å². The van der Waals surface area contributed by atoms with Crippen molar-refractivity contribution in [3.8, 4) is 0 Å². The van der Waals surface area contributed by atoms with E-state index in [0.717, 1.165) is 11.1 Å². The number of halogens is 1. The van der Waals surface area contributed by atoms with Gasteiger partial charge in [0.2, 0.25) is 0 Å². The van der Waals surface area contributed by atoms with Gasteiger partial charge in [0.25, 0.3) is 0 Å². The maximum absolute atomic E-state index is 13.2. The molecule has 0 radical (unpaired) electrons. The number of hydrazone groups is 1. The van der Waals surface area contributed by atoms with Gasteiger partial charge in [-0.1, -0.05) is 48.5 Å². The van der Waals surface area contributed by atoms with E-state index in [1.165, 1.54) is 12.1 Å². The molecule has 2 aromatic carbocycles. The maximum atomic E-state index is 13.2. The average Bonchev–Trinajstić information content (AvgIpc) is 2.48. The minimum Gasteiger partial charge on any atom is -0.375 e. The predicted molar refractivity (Wildman–Crippen MR) is 88.3 cm³/mol. The second-order valence-electron chi connectivity index (χ2n) is 4.23. The van der Waals surface area contributed by atoms with Gasteiger partial charge in [-0.15, -0.1) is 0 Å². The number of hydrogen-bond donors (Lipinski definition) is 2. The summed E-state index contributed by atoms with van der Waals surface area (Å²) in [5.41, 5.74) is 10.2. The van der Waals surface area contributed by atoms with Crippen molar-refractivity contribution < 1.29 is 4.39 Å². The average molecular weight is 299 g/mol. The number of nitrogens with two attached hydrogens (primary N) is 1. The lowest BCUT2D eigenvalue weighted by Crippen LogP contribution is -2.25. The molecular formula is C16H14FN3S. The molecule has 0 aliphatic heterocycles. The van der Waals surface area contributed by atoms with Crippen LogP contribution in [0.25, 0.3) is 6.08 Å². The van der Waals surface area contributed by atoms with E-state index in [4.69, 9.17) is 18.0 Å². The summed E-state index contributed by atoms with van der Waals surface area (Å²) in [4.78, 5) is 0. The number of nitrogens with one attached hydrogen (secondary N) is 1. The van der Waals surface area contributed by atoms with Gasteiger partial charge in [-0.3, -0.25) is 5.43 Å². The van der Waals surface area contributed by atoms with Gasteiger partial charge in [0.1, 0.15) is 5.82 Å². The number of nitrogens with zero attached hydrogens (tertiary/aromatic N) is 1. The van der Waals surface area contributed by atoms with E-state index in [-0.39, 0.29) is 10.9 Å². The van der Waals surface area contributed by atoms with Crippen LogP contribution in [0.5, 0.6) is 0 Å². The molecule has 0 aromatic heterocycles. The normalized spacial score (nSPS) is 11.6. The van der Waals surface area contributed by atoms with Gasteiger partial charge < -0.3 is 5.73 Å². The lowest BCUT2D eigenvalue weighted by molar-refractivity contribution is 0.627. The van der Waals surface area contributed by atoms with E-state index in [0.29, 0.717) is 5.71 Å². The first-order valence-electron chi connectivity index (χ1n) is 6.27. The van der Waals surface area contributed by atoms with Gasteiger partial charge in [0, 0.05) is 5.56 Å². The Kier molecular flexibility index (Phi) is 5.17. The second kappa shape index (κ2) is 7.31. The molecule has 106 valence electrons. The molecule has 0 fully saturated rings. The Morgan fingerprint density at radius 3 is 2.57 bits per heavy atom. The first-order valence-corrected chi connectivity index (χ1v) is 6.68. The molecule has 0 heterocycles. The van der Waals surface area contributed by atoms with Gasteiger partial charge >= 0.3 is 0 Å². The van der Waals surface area contributed by atoms with Crippen molar-refractivity contribution in [2.24, 2.45) is 10.8 Å². The molecule has 0 saturated carbocycles. The molecule has 3 nitrogen and oxygen atoms in total. The molecule has 2 rings (SSSR count). The Balaban J connectivity index is 2.28. The Morgan fingerprint density at radius 1 is 1.14 bits per heavy atom. The monoisotopic (exact) mass is 299 g/mol. The smallest absolute Gasteiger partial charge is 0.184 e. The Labute approximate surface area is 128 Å². The number of hydrogen-bond acceptors (Lipinski definition) is 2. The molecule has 0 amide bonds. The van der Waals surface area contributed by atoms with Crippen LogP contribution >= 0.6 is 12.2 Å². The number of allylic oxidation sites excluding steroid dienone is 1. The van der Waals surface area contributed by atoms with E-state index in [9.17, 15) is 4.39 Å². The highest BCUT2D eigenvalue weighted by Gasteiger charge is 2.00. The fraction of sp³-hybridized carbons (Fsp3) is 0. The summed E-state index contributed by atoms with van der Waals surface area (Å²) in [5.74, 6) is -0.281. The van der Waals surface area contributed by atoms with Crippen molar-refractivity contribution in [3.63, 3.8) is 0 Å². The van der Waals surface area contributed by atoms with Crippen LogP contribution in [0.3, 0.4) is 0 Å². The minimum atomic E-state index is -0.281. The van der Waals surface area contributed by atoms with Gasteiger partial charge in [-0.25, -0.2) is 4.39 Å². The van der Waals surface area contributed by atoms with Crippen LogP contribution in [0.1, 0.15) is 11.1 Å². The van der Waals surface area contributed by atoms with Crippen LogP contribution in [0.4, 0.5) is 4.39 Å². The standard InChI is InChI=1S/C16H14FN3S/c17-14-8-4-5-12(11-14)9-10-15(19-20-16(18)21)13-6-2-1-3-7-13/h1-11H,(H3,18,20,21)/b10-9+,19-15-. The molecule has 0 unspecified atom stereocenters. The van der Waals surface area contributed by atoms with Gasteiger partial charge in [0.05, 0.1) is 5.71 Å². The van der Waals surface area contributed by atoms with Crippen LogP contribution < -0.4 is 11.2 Å². The van der Waals surface area contributed by atoms with Crippen molar-refractivity contribution in [1.82, 2.24) is 5.43 Å². The molecule has 0 aliphatic carbocycles. The highest BCUT2D eigenvalue weighted by atomic mass is 32.1. The van der Waals surface area contributed by atoms with E-state index in [1.807, 2.05) is 36.4 Å². The van der Waals surface area contributed by atoms with E-state index in [1.54, 1.807) is 18.2 Å². The first-order chi connectivity index (χ1) is 10.1. The molecule has 0 atom stereocenters. The zero-order valence-electron chi connectivity index (χ0n) is 11.2. The highest BCUT2D eigenvalue weighted by Crippen LogP contribution is 2.08. The van der Waals surface area contributed by atoms with Crippen LogP contribution in [-0.4, -0.2) is 10.8 Å². The van der Waals surface area contributed by atoms with Gasteiger partial charge in [-0.05, 0) is 36.0 Å². The van der Waals surface area contributed by atoms with Gasteiger partial charge in [0.15, 0.2) is 5.11 Å². The Morgan fingerprint density at radius 2 is 1.90 bits per heavy atom. The van der Waals surface area contributed by atoms with Crippen molar-refractivity contribution in [2.45, 2.75) is 0 Å². The molecule has 0 bridgehead atoms. The fourth-order valence-corrected chi connectivity index (χ4v) is 1.75. The number of rotatable bonds is 4. The van der Waals surface area contributed by atoms with Crippen LogP contribution in [0.15, 0.2) is 65.8 Å². The second-order valence-corrected chi connectivity index (χ2v) is 4.67. The van der Waals surface area contributed by atoms with Crippen molar-refractivity contribution in [3.05, 3.63) is 77.6 Å².